The minimum atomic E-state index is 0.635. The third-order valence-electron chi connectivity index (χ3n) is 3.29. The van der Waals surface area contributed by atoms with Crippen molar-refractivity contribution in [3.05, 3.63) is 17.0 Å². The zero-order valence-corrected chi connectivity index (χ0v) is 10.7. The van der Waals surface area contributed by atoms with Crippen LogP contribution < -0.4 is 4.90 Å². The van der Waals surface area contributed by atoms with Crippen molar-refractivity contribution in [3.63, 3.8) is 0 Å². The number of piperazine rings is 1. The second-order valence-electron chi connectivity index (χ2n) is 4.28. The smallest absolute Gasteiger partial charge is 0.160 e. The van der Waals surface area contributed by atoms with Crippen molar-refractivity contribution in [1.82, 2.24) is 4.90 Å². The van der Waals surface area contributed by atoms with Crippen LogP contribution in [0.4, 0.5) is 5.00 Å². The summed E-state index contributed by atoms with van der Waals surface area (Å²) < 4.78 is 0. The average molecular weight is 238 g/mol. The first-order valence-electron chi connectivity index (χ1n) is 5.74. The summed E-state index contributed by atoms with van der Waals surface area (Å²) in [6, 6.07) is 4.61. The molecule has 0 spiro atoms. The minimum absolute atomic E-state index is 0.635. The Labute approximate surface area is 101 Å². The first-order chi connectivity index (χ1) is 7.74. The van der Waals surface area contributed by atoms with E-state index in [1.807, 2.05) is 6.07 Å². The van der Waals surface area contributed by atoms with E-state index in [1.54, 1.807) is 11.3 Å². The van der Waals surface area contributed by atoms with Crippen molar-refractivity contribution in [1.29, 1.82) is 0 Å². The Hall–Kier alpha value is -0.870. The Balaban J connectivity index is 2.07. The molecular formula is C12H18N2OS. The summed E-state index contributed by atoms with van der Waals surface area (Å²) in [6.07, 6.45) is 2.11. The van der Waals surface area contributed by atoms with E-state index in [0.717, 1.165) is 30.8 Å². The third-order valence-corrected chi connectivity index (χ3v) is 4.36. The first-order valence-corrected chi connectivity index (χ1v) is 6.56. The van der Waals surface area contributed by atoms with Gasteiger partial charge in [0.2, 0.25) is 0 Å². The number of rotatable bonds is 3. The first kappa shape index (κ1) is 11.6. The van der Waals surface area contributed by atoms with Crippen molar-refractivity contribution in [2.75, 3.05) is 31.6 Å². The maximum Gasteiger partial charge on any atom is 0.160 e. The van der Waals surface area contributed by atoms with E-state index in [1.165, 1.54) is 11.4 Å². The number of carbonyl (C=O) groups excluding carboxylic acids is 1. The highest BCUT2D eigenvalue weighted by Crippen LogP contribution is 2.27. The van der Waals surface area contributed by atoms with Gasteiger partial charge in [-0.2, -0.15) is 0 Å². The molecule has 1 aliphatic heterocycles. The van der Waals surface area contributed by atoms with Gasteiger partial charge in [-0.1, -0.05) is 6.92 Å². The van der Waals surface area contributed by atoms with E-state index < -0.39 is 0 Å². The molecule has 0 amide bonds. The van der Waals surface area contributed by atoms with Crippen molar-refractivity contribution in [2.24, 2.45) is 0 Å². The van der Waals surface area contributed by atoms with Crippen molar-refractivity contribution in [3.8, 4) is 0 Å². The van der Waals surface area contributed by atoms with Crippen LogP contribution in [0.5, 0.6) is 0 Å². The van der Waals surface area contributed by atoms with Crippen LogP contribution in [0.25, 0.3) is 0 Å². The van der Waals surface area contributed by atoms with Crippen molar-refractivity contribution in [2.45, 2.75) is 19.4 Å². The monoisotopic (exact) mass is 238 g/mol. The van der Waals surface area contributed by atoms with Crippen molar-refractivity contribution < 1.29 is 4.79 Å². The maximum atomic E-state index is 10.7. The number of nitrogens with zero attached hydrogens (tertiary/aromatic N) is 2. The summed E-state index contributed by atoms with van der Waals surface area (Å²) in [5.41, 5.74) is 0. The molecule has 0 N–H and O–H groups in total. The predicted molar refractivity (Wildman–Crippen MR) is 68.6 cm³/mol. The quantitative estimate of drug-likeness (QED) is 0.753. The largest absolute Gasteiger partial charge is 0.361 e. The third kappa shape index (κ3) is 2.28. The lowest BCUT2D eigenvalue weighted by Crippen LogP contribution is -2.51. The van der Waals surface area contributed by atoms with Crippen LogP contribution in [0.3, 0.4) is 0 Å². The summed E-state index contributed by atoms with van der Waals surface area (Å²) in [5.74, 6) is 0. The van der Waals surface area contributed by atoms with Crippen LogP contribution in [0, 0.1) is 0 Å². The van der Waals surface area contributed by atoms with Gasteiger partial charge in [0, 0.05) is 25.7 Å². The fraction of sp³-hybridized carbons (Fsp3) is 0.583. The molecule has 3 nitrogen and oxygen atoms in total. The molecule has 1 unspecified atom stereocenters. The number of likely N-dealkylation sites (N-methyl/N-ethyl adjacent to an activating group) is 1. The van der Waals surface area contributed by atoms with E-state index >= 15 is 0 Å². The van der Waals surface area contributed by atoms with Crippen LogP contribution in [-0.4, -0.2) is 43.9 Å². The molecule has 1 aromatic rings. The summed E-state index contributed by atoms with van der Waals surface area (Å²) in [4.78, 5) is 16.3. The molecule has 0 aromatic carbocycles. The molecule has 0 radical (unpaired) electrons. The zero-order valence-electron chi connectivity index (χ0n) is 9.85. The summed E-state index contributed by atoms with van der Waals surface area (Å²) in [5, 5.41) is 1.23. The Morgan fingerprint density at radius 2 is 2.31 bits per heavy atom. The van der Waals surface area contributed by atoms with Gasteiger partial charge < -0.3 is 4.90 Å². The molecule has 0 aliphatic carbocycles. The zero-order chi connectivity index (χ0) is 11.5. The Kier molecular flexibility index (Phi) is 3.61. The predicted octanol–water partition coefficient (Wildman–Crippen LogP) is 2.09. The van der Waals surface area contributed by atoms with Gasteiger partial charge >= 0.3 is 0 Å². The Morgan fingerprint density at radius 3 is 2.94 bits per heavy atom. The highest BCUT2D eigenvalue weighted by molar-refractivity contribution is 7.17. The summed E-state index contributed by atoms with van der Waals surface area (Å²) in [6.45, 7) is 5.47. The number of carbonyl (C=O) groups is 1. The Bertz CT molecular complexity index is 364. The fourth-order valence-corrected chi connectivity index (χ4v) is 3.02. The maximum absolute atomic E-state index is 10.7. The number of thiophene rings is 1. The van der Waals surface area contributed by atoms with E-state index in [2.05, 4.69) is 29.8 Å². The van der Waals surface area contributed by atoms with Gasteiger partial charge in [0.25, 0.3) is 0 Å². The molecule has 1 fully saturated rings. The molecule has 16 heavy (non-hydrogen) atoms. The summed E-state index contributed by atoms with van der Waals surface area (Å²) in [7, 11) is 2.19. The van der Waals surface area contributed by atoms with Crippen LogP contribution in [-0.2, 0) is 0 Å². The van der Waals surface area contributed by atoms with Gasteiger partial charge in [-0.3, -0.25) is 9.69 Å². The molecule has 0 saturated carbocycles. The molecule has 1 aromatic heterocycles. The topological polar surface area (TPSA) is 23.6 Å². The van der Waals surface area contributed by atoms with Crippen LogP contribution >= 0.6 is 11.3 Å². The van der Waals surface area contributed by atoms with Crippen molar-refractivity contribution >= 4 is 22.6 Å². The van der Waals surface area contributed by atoms with E-state index in [9.17, 15) is 4.79 Å². The molecule has 2 rings (SSSR count). The molecular weight excluding hydrogens is 220 g/mol. The second kappa shape index (κ2) is 4.97. The van der Waals surface area contributed by atoms with Gasteiger partial charge in [-0.15, -0.1) is 11.3 Å². The molecule has 0 bridgehead atoms. The minimum Gasteiger partial charge on any atom is -0.361 e. The Morgan fingerprint density at radius 1 is 1.50 bits per heavy atom. The highest BCUT2D eigenvalue weighted by Gasteiger charge is 2.23. The SMILES string of the molecule is CCC1CN(c2ccc(C=O)s2)CCN1C. The number of anilines is 1. The summed E-state index contributed by atoms with van der Waals surface area (Å²) >= 11 is 1.59. The lowest BCUT2D eigenvalue weighted by atomic mass is 10.1. The fourth-order valence-electron chi connectivity index (χ4n) is 2.16. The molecule has 2 heterocycles. The normalized spacial score (nSPS) is 22.4. The molecule has 1 atom stereocenters. The number of hydrogen-bond donors (Lipinski definition) is 0. The van der Waals surface area contributed by atoms with Gasteiger partial charge in [-0.25, -0.2) is 0 Å². The van der Waals surface area contributed by atoms with Gasteiger partial charge in [0.05, 0.1) is 9.88 Å². The number of aldehydes is 1. The van der Waals surface area contributed by atoms with Crippen LogP contribution in [0.15, 0.2) is 12.1 Å². The average Bonchev–Trinajstić information content (AvgIpc) is 2.78. The standard InChI is InChI=1S/C12H18N2OS/c1-3-10-8-14(7-6-13(10)2)12-5-4-11(9-15)16-12/h4-5,9-10H,3,6-8H2,1-2H3. The van der Waals surface area contributed by atoms with Crippen LogP contribution in [0.2, 0.25) is 0 Å². The molecule has 88 valence electrons. The van der Waals surface area contributed by atoms with Crippen LogP contribution in [0.1, 0.15) is 23.0 Å². The highest BCUT2D eigenvalue weighted by atomic mass is 32.1. The van der Waals surface area contributed by atoms with E-state index in [0.29, 0.717) is 6.04 Å². The van der Waals surface area contributed by atoms with E-state index in [4.69, 9.17) is 0 Å². The van der Waals surface area contributed by atoms with Gasteiger partial charge in [0.1, 0.15) is 0 Å². The molecule has 1 saturated heterocycles. The van der Waals surface area contributed by atoms with Gasteiger partial charge in [-0.05, 0) is 25.6 Å². The molecule has 4 heteroatoms. The lowest BCUT2D eigenvalue weighted by molar-refractivity contribution is 0.112. The lowest BCUT2D eigenvalue weighted by Gasteiger charge is -2.39. The number of hydrogen-bond acceptors (Lipinski definition) is 4. The second-order valence-corrected chi connectivity index (χ2v) is 5.38. The van der Waals surface area contributed by atoms with E-state index in [-0.39, 0.29) is 0 Å². The molecule has 1 aliphatic rings. The van der Waals surface area contributed by atoms with Gasteiger partial charge in [0.15, 0.2) is 6.29 Å².